The molecule has 4 heteroatoms. The molecule has 62 valence electrons. The fourth-order valence-electron chi connectivity index (χ4n) is 1.40. The molecule has 11 heavy (non-hydrogen) atoms. The van der Waals surface area contributed by atoms with Gasteiger partial charge in [0.05, 0.1) is 12.6 Å². The highest BCUT2D eigenvalue weighted by atomic mass is 16.6. The van der Waals surface area contributed by atoms with Gasteiger partial charge in [-0.1, -0.05) is 6.92 Å². The van der Waals surface area contributed by atoms with Crippen LogP contribution in [-0.2, 0) is 4.74 Å². The van der Waals surface area contributed by atoms with Crippen molar-refractivity contribution in [3.05, 3.63) is 0 Å². The molecule has 0 aliphatic heterocycles. The van der Waals surface area contributed by atoms with Gasteiger partial charge in [0.2, 0.25) is 5.79 Å². The first-order chi connectivity index (χ1) is 5.07. The summed E-state index contributed by atoms with van der Waals surface area (Å²) in [6, 6.07) is -0.176. The van der Waals surface area contributed by atoms with Crippen LogP contribution in [0.2, 0.25) is 0 Å². The molecule has 3 unspecified atom stereocenters. The zero-order valence-electron chi connectivity index (χ0n) is 6.74. The molecule has 2 N–H and O–H groups in total. The molecular weight excluding hydrogens is 144 g/mol. The highest BCUT2D eigenvalue weighted by Crippen LogP contribution is 2.45. The van der Waals surface area contributed by atoms with Crippen molar-refractivity contribution in [1.82, 2.24) is 0 Å². The molecule has 0 aromatic carbocycles. The van der Waals surface area contributed by atoms with E-state index in [9.17, 15) is 5.11 Å². The summed E-state index contributed by atoms with van der Waals surface area (Å²) < 4.78 is 6.26. The van der Waals surface area contributed by atoms with Gasteiger partial charge in [-0.3, -0.25) is 0 Å². The van der Waals surface area contributed by atoms with Gasteiger partial charge in [-0.05, 0) is 0 Å². The summed E-state index contributed by atoms with van der Waals surface area (Å²) in [5, 5.41) is 16.5. The summed E-state index contributed by atoms with van der Waals surface area (Å²) in [6.45, 7) is 5.42. The van der Waals surface area contributed by atoms with E-state index < -0.39 is 5.79 Å². The average molecular weight is 157 g/mol. The smallest absolute Gasteiger partial charge is 0.277 e. The number of methoxy groups -OCH3 is 1. The number of nitrogens with zero attached hydrogens (tertiary/aromatic N) is 1. The van der Waals surface area contributed by atoms with Crippen molar-refractivity contribution in [2.24, 2.45) is 5.92 Å². The van der Waals surface area contributed by atoms with E-state index in [1.807, 2.05) is 6.92 Å². The Bertz CT molecular complexity index is 205. The van der Waals surface area contributed by atoms with Crippen LogP contribution in [-0.4, -0.2) is 41.7 Å². The molecule has 1 rings (SSSR count). The third-order valence-corrected chi connectivity index (χ3v) is 2.29. The van der Waals surface area contributed by atoms with E-state index in [-0.39, 0.29) is 12.0 Å². The van der Waals surface area contributed by atoms with E-state index in [1.54, 1.807) is 0 Å². The van der Waals surface area contributed by atoms with Gasteiger partial charge < -0.3 is 9.84 Å². The van der Waals surface area contributed by atoms with Gasteiger partial charge in [0.15, 0.2) is 6.04 Å². The van der Waals surface area contributed by atoms with Gasteiger partial charge in [-0.15, -0.1) is 5.41 Å². The first-order valence-electron chi connectivity index (χ1n) is 3.45. The second kappa shape index (κ2) is 2.39. The Balaban J connectivity index is 2.67. The Morgan fingerprint density at radius 3 is 2.64 bits per heavy atom. The lowest BCUT2D eigenvalue weighted by Gasteiger charge is -2.04. The van der Waals surface area contributed by atoms with Crippen molar-refractivity contribution in [2.75, 3.05) is 7.11 Å². The Morgan fingerprint density at radius 2 is 2.36 bits per heavy atom. The minimum absolute atomic E-state index is 0.0200. The summed E-state index contributed by atoms with van der Waals surface area (Å²) in [5.41, 5.74) is 0. The van der Waals surface area contributed by atoms with E-state index in [0.29, 0.717) is 0 Å². The van der Waals surface area contributed by atoms with Crippen molar-refractivity contribution in [3.63, 3.8) is 0 Å². The molecule has 0 spiro atoms. The molecule has 1 aliphatic rings. The fourth-order valence-corrected chi connectivity index (χ4v) is 1.40. The summed E-state index contributed by atoms with van der Waals surface area (Å²) >= 11 is 0. The summed E-state index contributed by atoms with van der Waals surface area (Å²) in [7, 11) is 1.45. The van der Waals surface area contributed by atoms with Crippen LogP contribution in [0.3, 0.4) is 0 Å². The Kier molecular flexibility index (Phi) is 1.82. The zero-order chi connectivity index (χ0) is 8.65. The number of hydrogen-bond donors (Lipinski definition) is 2. The number of ether oxygens (including phenoxy) is 1. The van der Waals surface area contributed by atoms with Crippen LogP contribution in [0.1, 0.15) is 6.92 Å². The number of rotatable bonds is 3. The van der Waals surface area contributed by atoms with Crippen LogP contribution in [0.4, 0.5) is 0 Å². The van der Waals surface area contributed by atoms with E-state index in [2.05, 4.69) is 6.72 Å². The first-order valence-corrected chi connectivity index (χ1v) is 3.45. The van der Waals surface area contributed by atoms with Crippen LogP contribution >= 0.6 is 0 Å². The molecule has 1 aliphatic carbocycles. The molecule has 1 fully saturated rings. The van der Waals surface area contributed by atoms with Gasteiger partial charge in [0.25, 0.3) is 6.34 Å². The molecular formula is C7H13N2O2+. The third kappa shape index (κ3) is 0.985. The summed E-state index contributed by atoms with van der Waals surface area (Å²) in [4.78, 5) is 0. The van der Waals surface area contributed by atoms with Gasteiger partial charge in [0, 0.05) is 7.11 Å². The second-order valence-corrected chi connectivity index (χ2v) is 2.83. The topological polar surface area (TPSA) is 56.3 Å². The monoisotopic (exact) mass is 157 g/mol. The molecule has 0 radical (unpaired) electrons. The van der Waals surface area contributed by atoms with Crippen LogP contribution in [0, 0.1) is 11.3 Å². The van der Waals surface area contributed by atoms with Crippen molar-refractivity contribution < 1.29 is 14.4 Å². The normalized spacial score (nSPS) is 41.7. The molecule has 3 atom stereocenters. The highest BCUT2D eigenvalue weighted by molar-refractivity contribution is 5.45. The van der Waals surface area contributed by atoms with Crippen LogP contribution < -0.4 is 0 Å². The lowest BCUT2D eigenvalue weighted by atomic mass is 10.5. The van der Waals surface area contributed by atoms with Crippen molar-refractivity contribution >= 4 is 13.1 Å². The Labute approximate surface area is 65.6 Å². The Morgan fingerprint density at radius 1 is 1.82 bits per heavy atom. The maximum Gasteiger partial charge on any atom is 0.277 e. The second-order valence-electron chi connectivity index (χ2n) is 2.83. The molecule has 0 bridgehead atoms. The molecule has 0 amide bonds. The molecule has 4 nitrogen and oxygen atoms in total. The van der Waals surface area contributed by atoms with Crippen LogP contribution in [0.25, 0.3) is 0 Å². The lowest BCUT2D eigenvalue weighted by molar-refractivity contribution is -0.432. The maximum atomic E-state index is 9.56. The van der Waals surface area contributed by atoms with E-state index in [0.717, 1.165) is 6.34 Å². The van der Waals surface area contributed by atoms with Crippen LogP contribution in [0.15, 0.2) is 0 Å². The minimum atomic E-state index is -1.10. The lowest BCUT2D eigenvalue weighted by Crippen LogP contribution is -2.24. The largest absolute Gasteiger partial charge is 0.362 e. The van der Waals surface area contributed by atoms with Gasteiger partial charge in [-0.2, -0.15) is 0 Å². The minimum Gasteiger partial charge on any atom is -0.362 e. The van der Waals surface area contributed by atoms with Crippen molar-refractivity contribution in [2.45, 2.75) is 18.8 Å². The number of aliphatic hydroxyl groups is 1. The first kappa shape index (κ1) is 8.36. The average Bonchev–Trinajstić information content (AvgIpc) is 2.55. The molecule has 0 aromatic rings. The molecule has 0 saturated heterocycles. The number of nitrogens with one attached hydrogen (secondary N) is 1. The van der Waals surface area contributed by atoms with Crippen molar-refractivity contribution in [1.29, 1.82) is 5.41 Å². The van der Waals surface area contributed by atoms with Crippen LogP contribution in [0.5, 0.6) is 0 Å². The third-order valence-electron chi connectivity index (χ3n) is 2.29. The summed E-state index contributed by atoms with van der Waals surface area (Å²) in [6.07, 6.45) is 1.08. The Hall–Kier alpha value is -0.740. The SMILES string of the molecule is C=[N+](C=N)C1C(C)C1(O)OC. The van der Waals surface area contributed by atoms with E-state index >= 15 is 0 Å². The molecule has 0 heterocycles. The van der Waals surface area contributed by atoms with Gasteiger partial charge in [0.1, 0.15) is 0 Å². The van der Waals surface area contributed by atoms with E-state index in [1.165, 1.54) is 11.7 Å². The van der Waals surface area contributed by atoms with Gasteiger partial charge >= 0.3 is 0 Å². The quantitative estimate of drug-likeness (QED) is 0.255. The standard InChI is InChI=1S/C7H13N2O2/c1-5-6(9(2)4-8)7(5,10)11-3/h4-6,8,10H,2H2,1,3H3/q+1. The zero-order valence-corrected chi connectivity index (χ0v) is 6.74. The predicted molar refractivity (Wildman–Crippen MR) is 41.1 cm³/mol. The number of hydrogen-bond acceptors (Lipinski definition) is 3. The molecule has 0 aromatic heterocycles. The predicted octanol–water partition coefficient (Wildman–Crippen LogP) is -0.340. The van der Waals surface area contributed by atoms with E-state index in [4.69, 9.17) is 10.1 Å². The van der Waals surface area contributed by atoms with Crippen molar-refractivity contribution in [3.8, 4) is 0 Å². The summed E-state index contributed by atoms with van der Waals surface area (Å²) in [5.74, 6) is -1.08. The highest BCUT2D eigenvalue weighted by Gasteiger charge is 2.67. The maximum absolute atomic E-state index is 9.56. The van der Waals surface area contributed by atoms with Gasteiger partial charge in [-0.25, -0.2) is 4.58 Å². The fraction of sp³-hybridized carbons (Fsp3) is 0.714. The molecule has 1 saturated carbocycles.